The molecule has 0 nitrogen and oxygen atoms in total. The van der Waals surface area contributed by atoms with Crippen molar-refractivity contribution in [2.75, 3.05) is 0 Å². The van der Waals surface area contributed by atoms with Gasteiger partial charge in [0, 0.05) is 18.9 Å². The van der Waals surface area contributed by atoms with E-state index in [4.69, 9.17) is 7.85 Å². The second kappa shape index (κ2) is 3.64. The van der Waals surface area contributed by atoms with E-state index < -0.39 is 0 Å². The molecule has 0 fully saturated rings. The summed E-state index contributed by atoms with van der Waals surface area (Å²) < 4.78 is 0. The molecule has 7 heavy (non-hydrogen) atoms. The molecule has 0 spiro atoms. The van der Waals surface area contributed by atoms with Gasteiger partial charge in [-0.05, 0) is 5.41 Å². The molecule has 0 N–H and O–H groups in total. The van der Waals surface area contributed by atoms with Crippen LogP contribution in [-0.4, -0.2) is 26.7 Å². The topological polar surface area (TPSA) is 0 Å². The van der Waals surface area contributed by atoms with Gasteiger partial charge < -0.3 is 0 Å². The first-order valence-corrected chi connectivity index (χ1v) is 2.26. The van der Waals surface area contributed by atoms with E-state index in [0.717, 1.165) is 6.32 Å². The Labute approximate surface area is 59.6 Å². The minimum atomic E-state index is 0. The molecule has 0 aliphatic heterocycles. The molecule has 0 unspecified atom stereocenters. The Kier molecular flexibility index (Phi) is 5.51. The van der Waals surface area contributed by atoms with Gasteiger partial charge in [0.1, 0.15) is 0 Å². The van der Waals surface area contributed by atoms with Crippen LogP contribution >= 0.6 is 0 Å². The van der Waals surface area contributed by atoms with Crippen molar-refractivity contribution in [2.45, 2.75) is 27.1 Å². The maximum atomic E-state index is 5.31. The van der Waals surface area contributed by atoms with Crippen LogP contribution in [0.1, 0.15) is 20.8 Å². The van der Waals surface area contributed by atoms with E-state index in [1.54, 1.807) is 0 Å². The zero-order valence-corrected chi connectivity index (χ0v) is 5.78. The average molecular weight is 88.9 g/mol. The van der Waals surface area contributed by atoms with Crippen LogP contribution in [0.5, 0.6) is 0 Å². The molecule has 2 heteroatoms. The minimum Gasteiger partial charge on any atom is -0.0839 e. The van der Waals surface area contributed by atoms with Crippen molar-refractivity contribution in [1.29, 1.82) is 0 Å². The molecule has 0 heterocycles. The van der Waals surface area contributed by atoms with E-state index in [-0.39, 0.29) is 18.9 Å². The van der Waals surface area contributed by atoms with Gasteiger partial charge in [0.2, 0.25) is 0 Å². The SMILES string of the molecule is [B]CC(C)(C)C.[Li]. The van der Waals surface area contributed by atoms with E-state index in [1.807, 2.05) is 0 Å². The Morgan fingerprint density at radius 3 is 1.43 bits per heavy atom. The smallest absolute Gasteiger partial charge is 0.0660 e. The molecule has 0 atom stereocenters. The van der Waals surface area contributed by atoms with Crippen molar-refractivity contribution < 1.29 is 0 Å². The monoisotopic (exact) mass is 89.1 g/mol. The van der Waals surface area contributed by atoms with Gasteiger partial charge in [0.25, 0.3) is 0 Å². The van der Waals surface area contributed by atoms with E-state index in [2.05, 4.69) is 20.8 Å². The van der Waals surface area contributed by atoms with Gasteiger partial charge in [-0.2, -0.15) is 0 Å². The standard InChI is InChI=1S/C5H11B.Li/c1-5(2,3)4-6;/h4H2,1-3H3;. The Balaban J connectivity index is 0. The van der Waals surface area contributed by atoms with Crippen molar-refractivity contribution in [3.8, 4) is 0 Å². The summed E-state index contributed by atoms with van der Waals surface area (Å²) in [5.41, 5.74) is 0.319. The molecule has 0 aliphatic rings. The van der Waals surface area contributed by atoms with Crippen LogP contribution in [0.3, 0.4) is 0 Å². The van der Waals surface area contributed by atoms with Gasteiger partial charge in [0.15, 0.2) is 0 Å². The molecule has 35 valence electrons. The molecule has 0 rings (SSSR count). The maximum absolute atomic E-state index is 5.31. The van der Waals surface area contributed by atoms with E-state index in [9.17, 15) is 0 Å². The molecule has 0 aromatic rings. The molecule has 0 aromatic heterocycles. The number of hydrogen-bond acceptors (Lipinski definition) is 0. The van der Waals surface area contributed by atoms with Crippen LogP contribution in [0.15, 0.2) is 0 Å². The largest absolute Gasteiger partial charge is 0.0839 e. The van der Waals surface area contributed by atoms with Crippen LogP contribution in [0.4, 0.5) is 0 Å². The maximum Gasteiger partial charge on any atom is 0.0660 e. The summed E-state index contributed by atoms with van der Waals surface area (Å²) in [4.78, 5) is 0. The van der Waals surface area contributed by atoms with Gasteiger partial charge in [-0.3, -0.25) is 0 Å². The van der Waals surface area contributed by atoms with Crippen LogP contribution in [0.2, 0.25) is 6.32 Å². The van der Waals surface area contributed by atoms with Crippen molar-refractivity contribution in [3.63, 3.8) is 0 Å². The molecule has 0 amide bonds. The third kappa shape index (κ3) is 10.8. The fourth-order valence-electron chi connectivity index (χ4n) is 0. The number of hydrogen-bond donors (Lipinski definition) is 0. The van der Waals surface area contributed by atoms with E-state index in [0.29, 0.717) is 5.41 Å². The van der Waals surface area contributed by atoms with Crippen molar-refractivity contribution in [2.24, 2.45) is 5.41 Å². The summed E-state index contributed by atoms with van der Waals surface area (Å²) in [6.07, 6.45) is 0.771. The van der Waals surface area contributed by atoms with E-state index in [1.165, 1.54) is 0 Å². The fraction of sp³-hybridized carbons (Fsp3) is 1.00. The van der Waals surface area contributed by atoms with Crippen LogP contribution in [0.25, 0.3) is 0 Å². The van der Waals surface area contributed by atoms with Gasteiger partial charge in [0.05, 0.1) is 7.85 Å². The van der Waals surface area contributed by atoms with Gasteiger partial charge in [-0.25, -0.2) is 0 Å². The Hall–Kier alpha value is 0.662. The second-order valence-electron chi connectivity index (χ2n) is 2.76. The van der Waals surface area contributed by atoms with E-state index >= 15 is 0 Å². The molecular formula is C5H11BLi. The molecule has 0 bridgehead atoms. The molecule has 0 saturated carbocycles. The summed E-state index contributed by atoms with van der Waals surface area (Å²) in [6.45, 7) is 6.35. The van der Waals surface area contributed by atoms with Crippen molar-refractivity contribution >= 4 is 26.7 Å². The molecular weight excluding hydrogens is 77.8 g/mol. The summed E-state index contributed by atoms with van der Waals surface area (Å²) in [7, 11) is 5.31. The summed E-state index contributed by atoms with van der Waals surface area (Å²) in [5, 5.41) is 0. The second-order valence-corrected chi connectivity index (χ2v) is 2.76. The summed E-state index contributed by atoms with van der Waals surface area (Å²) >= 11 is 0. The fourth-order valence-corrected chi connectivity index (χ4v) is 0. The molecule has 3 radical (unpaired) electrons. The zero-order chi connectivity index (χ0) is 5.21. The van der Waals surface area contributed by atoms with Gasteiger partial charge >= 0.3 is 0 Å². The molecule has 0 aromatic carbocycles. The first-order valence-electron chi connectivity index (χ1n) is 2.26. The molecule has 0 aliphatic carbocycles. The third-order valence-electron chi connectivity index (χ3n) is 0.612. The first-order chi connectivity index (χ1) is 2.56. The van der Waals surface area contributed by atoms with Crippen LogP contribution in [-0.2, 0) is 0 Å². The van der Waals surface area contributed by atoms with Crippen LogP contribution < -0.4 is 0 Å². The quantitative estimate of drug-likeness (QED) is 0.391. The van der Waals surface area contributed by atoms with Crippen LogP contribution in [0, 0.1) is 5.41 Å². The summed E-state index contributed by atoms with van der Waals surface area (Å²) in [5.74, 6) is 0. The van der Waals surface area contributed by atoms with Crippen molar-refractivity contribution in [3.05, 3.63) is 0 Å². The molecule has 0 saturated heterocycles. The van der Waals surface area contributed by atoms with Gasteiger partial charge in [-0.1, -0.05) is 27.1 Å². The van der Waals surface area contributed by atoms with Gasteiger partial charge in [-0.15, -0.1) is 0 Å². The third-order valence-corrected chi connectivity index (χ3v) is 0.612. The Morgan fingerprint density at radius 2 is 1.43 bits per heavy atom. The summed E-state index contributed by atoms with van der Waals surface area (Å²) in [6, 6.07) is 0. The normalized spacial score (nSPS) is 10.1. The predicted octanol–water partition coefficient (Wildman–Crippen LogP) is 1.24. The van der Waals surface area contributed by atoms with Crippen molar-refractivity contribution in [1.82, 2.24) is 0 Å². The first kappa shape index (κ1) is 10.6. The Morgan fingerprint density at radius 1 is 1.29 bits per heavy atom. The Bertz CT molecular complexity index is 37.8. The average Bonchev–Trinajstić information content (AvgIpc) is 1.35. The zero-order valence-electron chi connectivity index (χ0n) is 5.78. The predicted molar refractivity (Wildman–Crippen MR) is 35.8 cm³/mol. The minimum absolute atomic E-state index is 0. The number of rotatable bonds is 0.